The zero-order chi connectivity index (χ0) is 17.0. The van der Waals surface area contributed by atoms with Gasteiger partial charge < -0.3 is 10.1 Å². The topological polar surface area (TPSA) is 55.4 Å². The van der Waals surface area contributed by atoms with E-state index in [0.29, 0.717) is 17.8 Å². The van der Waals surface area contributed by atoms with Gasteiger partial charge in [-0.3, -0.25) is 4.79 Å². The van der Waals surface area contributed by atoms with E-state index >= 15 is 0 Å². The van der Waals surface area contributed by atoms with E-state index < -0.39 is 30.1 Å². The second kappa shape index (κ2) is 7.69. The molecule has 0 bridgehead atoms. The van der Waals surface area contributed by atoms with Gasteiger partial charge >= 0.3 is 5.97 Å². The first-order valence-electron chi connectivity index (χ1n) is 6.24. The predicted octanol–water partition coefficient (Wildman–Crippen LogP) is 4.02. The minimum Gasteiger partial charge on any atom is -0.452 e. The SMILES string of the molecule is O=C(COC(=O)c1cc(F)c(F)cc1Cl)Nc1ccccc1I. The zero-order valence-corrected chi connectivity index (χ0v) is 14.3. The van der Waals surface area contributed by atoms with Crippen molar-refractivity contribution in [2.75, 3.05) is 11.9 Å². The van der Waals surface area contributed by atoms with Crippen LogP contribution in [0.5, 0.6) is 0 Å². The highest BCUT2D eigenvalue weighted by Gasteiger charge is 2.17. The predicted molar refractivity (Wildman–Crippen MR) is 89.4 cm³/mol. The van der Waals surface area contributed by atoms with Crippen LogP contribution in [-0.2, 0) is 9.53 Å². The lowest BCUT2D eigenvalue weighted by Crippen LogP contribution is -2.21. The average Bonchev–Trinajstić information content (AvgIpc) is 2.51. The van der Waals surface area contributed by atoms with Crippen molar-refractivity contribution in [3.63, 3.8) is 0 Å². The molecule has 4 nitrogen and oxygen atoms in total. The van der Waals surface area contributed by atoms with Crippen LogP contribution >= 0.6 is 34.2 Å². The number of carbonyl (C=O) groups is 2. The summed E-state index contributed by atoms with van der Waals surface area (Å²) >= 11 is 7.69. The largest absolute Gasteiger partial charge is 0.452 e. The van der Waals surface area contributed by atoms with E-state index in [1.165, 1.54) is 0 Å². The fourth-order valence-electron chi connectivity index (χ4n) is 1.64. The third-order valence-corrected chi connectivity index (χ3v) is 3.97. The summed E-state index contributed by atoms with van der Waals surface area (Å²) in [6.45, 7) is -0.584. The number of carbonyl (C=O) groups excluding carboxylic acids is 2. The number of amides is 1. The van der Waals surface area contributed by atoms with Crippen LogP contribution in [-0.4, -0.2) is 18.5 Å². The molecular formula is C15H9ClF2INO3. The lowest BCUT2D eigenvalue weighted by Gasteiger charge is -2.09. The molecule has 2 aromatic rings. The highest BCUT2D eigenvalue weighted by molar-refractivity contribution is 14.1. The van der Waals surface area contributed by atoms with E-state index in [-0.39, 0.29) is 10.6 Å². The summed E-state index contributed by atoms with van der Waals surface area (Å²) in [6, 6.07) is 8.32. The molecule has 0 heterocycles. The van der Waals surface area contributed by atoms with E-state index in [0.717, 1.165) is 3.57 Å². The van der Waals surface area contributed by atoms with Gasteiger partial charge in [0.15, 0.2) is 18.2 Å². The molecule has 0 saturated heterocycles. The first-order chi connectivity index (χ1) is 10.9. The summed E-state index contributed by atoms with van der Waals surface area (Å²) in [6.07, 6.45) is 0. The van der Waals surface area contributed by atoms with Crippen molar-refractivity contribution < 1.29 is 23.1 Å². The average molecular weight is 452 g/mol. The molecule has 0 atom stereocenters. The van der Waals surface area contributed by atoms with Crippen LogP contribution in [0.1, 0.15) is 10.4 Å². The highest BCUT2D eigenvalue weighted by Crippen LogP contribution is 2.21. The van der Waals surface area contributed by atoms with Crippen LogP contribution in [0.15, 0.2) is 36.4 Å². The molecule has 0 aromatic heterocycles. The van der Waals surface area contributed by atoms with Gasteiger partial charge in [-0.1, -0.05) is 23.7 Å². The highest BCUT2D eigenvalue weighted by atomic mass is 127. The van der Waals surface area contributed by atoms with E-state index in [4.69, 9.17) is 16.3 Å². The normalized spacial score (nSPS) is 10.3. The van der Waals surface area contributed by atoms with Crippen LogP contribution in [0.4, 0.5) is 14.5 Å². The maximum atomic E-state index is 13.1. The lowest BCUT2D eigenvalue weighted by atomic mass is 10.2. The van der Waals surface area contributed by atoms with Gasteiger partial charge in [-0.15, -0.1) is 0 Å². The molecule has 0 fully saturated rings. The second-order valence-electron chi connectivity index (χ2n) is 4.35. The molecular weight excluding hydrogens is 443 g/mol. The van der Waals surface area contributed by atoms with Crippen LogP contribution in [0.25, 0.3) is 0 Å². The van der Waals surface area contributed by atoms with Crippen LogP contribution in [0.3, 0.4) is 0 Å². The van der Waals surface area contributed by atoms with E-state index in [2.05, 4.69) is 5.32 Å². The van der Waals surface area contributed by atoms with Crippen LogP contribution in [0, 0.1) is 15.2 Å². The van der Waals surface area contributed by atoms with Gasteiger partial charge in [0.05, 0.1) is 16.3 Å². The molecule has 23 heavy (non-hydrogen) atoms. The van der Waals surface area contributed by atoms with Crippen molar-refractivity contribution >= 4 is 51.8 Å². The van der Waals surface area contributed by atoms with Gasteiger partial charge in [-0.25, -0.2) is 13.6 Å². The van der Waals surface area contributed by atoms with Crippen molar-refractivity contribution in [3.8, 4) is 0 Å². The van der Waals surface area contributed by atoms with E-state index in [1.54, 1.807) is 18.2 Å². The molecule has 1 N–H and O–H groups in total. The fourth-order valence-corrected chi connectivity index (χ4v) is 2.39. The van der Waals surface area contributed by atoms with Crippen LogP contribution < -0.4 is 5.32 Å². The van der Waals surface area contributed by atoms with Gasteiger partial charge in [-0.05, 0) is 46.9 Å². The van der Waals surface area contributed by atoms with Crippen molar-refractivity contribution in [3.05, 3.63) is 62.2 Å². The number of anilines is 1. The van der Waals surface area contributed by atoms with Crippen LogP contribution in [0.2, 0.25) is 5.02 Å². The Balaban J connectivity index is 1.98. The summed E-state index contributed by atoms with van der Waals surface area (Å²) in [5.74, 6) is -4.00. The molecule has 0 aliphatic heterocycles. The zero-order valence-electron chi connectivity index (χ0n) is 11.4. The fraction of sp³-hybridized carbons (Fsp3) is 0.0667. The third kappa shape index (κ3) is 4.61. The number of para-hydroxylation sites is 1. The summed E-state index contributed by atoms with van der Waals surface area (Å²) in [5.41, 5.74) is 0.215. The van der Waals surface area contributed by atoms with Crippen molar-refractivity contribution in [2.45, 2.75) is 0 Å². The molecule has 2 rings (SSSR count). The summed E-state index contributed by atoms with van der Waals surface area (Å²) < 4.78 is 31.6. The number of rotatable bonds is 4. The summed E-state index contributed by atoms with van der Waals surface area (Å²) in [4.78, 5) is 23.5. The molecule has 0 saturated carbocycles. The molecule has 0 unspecified atom stereocenters. The summed E-state index contributed by atoms with van der Waals surface area (Å²) in [7, 11) is 0. The first kappa shape index (κ1) is 17.6. The van der Waals surface area contributed by atoms with E-state index in [9.17, 15) is 18.4 Å². The maximum absolute atomic E-state index is 13.1. The van der Waals surface area contributed by atoms with Crippen molar-refractivity contribution in [1.29, 1.82) is 0 Å². The lowest BCUT2D eigenvalue weighted by molar-refractivity contribution is -0.119. The Bertz CT molecular complexity index is 770. The number of hydrogen-bond acceptors (Lipinski definition) is 3. The standard InChI is InChI=1S/C15H9ClF2INO3/c16-9-6-11(18)10(17)5-8(9)15(22)23-7-14(21)20-13-4-2-1-3-12(13)19/h1-6H,7H2,(H,20,21). The number of ether oxygens (including phenoxy) is 1. The number of halogens is 4. The number of nitrogens with one attached hydrogen (secondary N) is 1. The van der Waals surface area contributed by atoms with E-state index in [1.807, 2.05) is 28.7 Å². The molecule has 2 aromatic carbocycles. The molecule has 1 amide bonds. The Kier molecular flexibility index (Phi) is 5.89. The van der Waals surface area contributed by atoms with Gasteiger partial charge in [0.25, 0.3) is 5.91 Å². The quantitative estimate of drug-likeness (QED) is 0.434. The van der Waals surface area contributed by atoms with Gasteiger partial charge in [0.1, 0.15) is 0 Å². The summed E-state index contributed by atoms with van der Waals surface area (Å²) in [5, 5.41) is 2.26. The van der Waals surface area contributed by atoms with Gasteiger partial charge in [-0.2, -0.15) is 0 Å². The first-order valence-corrected chi connectivity index (χ1v) is 7.70. The minimum absolute atomic E-state index is 0.299. The molecule has 0 radical (unpaired) electrons. The number of hydrogen-bond donors (Lipinski definition) is 1. The smallest absolute Gasteiger partial charge is 0.340 e. The Hall–Kier alpha value is -1.74. The maximum Gasteiger partial charge on any atom is 0.340 e. The molecule has 0 spiro atoms. The molecule has 0 aliphatic carbocycles. The van der Waals surface area contributed by atoms with Gasteiger partial charge in [0, 0.05) is 3.57 Å². The monoisotopic (exact) mass is 451 g/mol. The number of benzene rings is 2. The minimum atomic E-state index is -1.23. The third-order valence-electron chi connectivity index (χ3n) is 2.71. The second-order valence-corrected chi connectivity index (χ2v) is 5.92. The molecule has 120 valence electrons. The Morgan fingerprint density at radius 3 is 2.52 bits per heavy atom. The van der Waals surface area contributed by atoms with Gasteiger partial charge in [0.2, 0.25) is 0 Å². The Morgan fingerprint density at radius 2 is 1.83 bits per heavy atom. The molecule has 0 aliphatic rings. The Labute approximate surface area is 148 Å². The van der Waals surface area contributed by atoms with Crippen molar-refractivity contribution in [1.82, 2.24) is 0 Å². The number of esters is 1. The van der Waals surface area contributed by atoms with Crippen molar-refractivity contribution in [2.24, 2.45) is 0 Å². The Morgan fingerprint density at radius 1 is 1.17 bits per heavy atom. The molecule has 8 heteroatoms.